The van der Waals surface area contributed by atoms with E-state index in [0.717, 1.165) is 10.8 Å². The number of para-hydroxylation sites is 1. The quantitative estimate of drug-likeness (QED) is 0.502. The monoisotopic (exact) mass is 416 g/mol. The first-order chi connectivity index (χ1) is 14.4. The van der Waals surface area contributed by atoms with Crippen molar-refractivity contribution < 1.29 is 13.2 Å². The van der Waals surface area contributed by atoms with Gasteiger partial charge >= 0.3 is 0 Å². The maximum atomic E-state index is 13.0. The van der Waals surface area contributed by atoms with Crippen LogP contribution < -0.4 is 9.62 Å². The Morgan fingerprint density at radius 2 is 1.47 bits per heavy atom. The first-order valence-corrected chi connectivity index (χ1v) is 10.8. The Labute approximate surface area is 175 Å². The highest BCUT2D eigenvalue weighted by atomic mass is 32.2. The van der Waals surface area contributed by atoms with Gasteiger partial charge in [-0.15, -0.1) is 0 Å². The van der Waals surface area contributed by atoms with Crippen LogP contribution in [0, 0.1) is 0 Å². The Kier molecular flexibility index (Phi) is 5.25. The number of amides is 1. The molecule has 4 aromatic carbocycles. The van der Waals surface area contributed by atoms with Gasteiger partial charge in [-0.3, -0.25) is 9.10 Å². The molecule has 0 saturated heterocycles. The summed E-state index contributed by atoms with van der Waals surface area (Å²) in [4.78, 5) is 12.8. The van der Waals surface area contributed by atoms with Crippen LogP contribution in [0.5, 0.6) is 0 Å². The normalized spacial score (nSPS) is 11.2. The summed E-state index contributed by atoms with van der Waals surface area (Å²) in [6, 6.07) is 28.3. The number of carbonyl (C=O) groups is 1. The molecule has 0 heterocycles. The molecule has 0 spiro atoms. The number of anilines is 2. The van der Waals surface area contributed by atoms with Crippen molar-refractivity contribution in [1.82, 2.24) is 0 Å². The summed E-state index contributed by atoms with van der Waals surface area (Å²) in [7, 11) is -2.30. The van der Waals surface area contributed by atoms with Crippen LogP contribution in [0.4, 0.5) is 11.4 Å². The molecule has 0 aliphatic heterocycles. The molecule has 0 aromatic heterocycles. The maximum absolute atomic E-state index is 13.0. The van der Waals surface area contributed by atoms with Crippen molar-refractivity contribution in [2.24, 2.45) is 0 Å². The van der Waals surface area contributed by atoms with Crippen molar-refractivity contribution in [1.29, 1.82) is 0 Å². The molecule has 0 atom stereocenters. The number of hydrogen-bond donors (Lipinski definition) is 1. The highest BCUT2D eigenvalue weighted by Crippen LogP contribution is 2.23. The van der Waals surface area contributed by atoms with Crippen LogP contribution in [-0.4, -0.2) is 21.4 Å². The van der Waals surface area contributed by atoms with Gasteiger partial charge in [0.25, 0.3) is 15.9 Å². The minimum absolute atomic E-state index is 0.0556. The molecule has 0 aliphatic rings. The summed E-state index contributed by atoms with van der Waals surface area (Å²) in [6.07, 6.45) is 0. The van der Waals surface area contributed by atoms with Gasteiger partial charge in [-0.25, -0.2) is 8.42 Å². The van der Waals surface area contributed by atoms with Crippen LogP contribution in [0.1, 0.15) is 10.4 Å². The van der Waals surface area contributed by atoms with E-state index < -0.39 is 10.0 Å². The zero-order valence-corrected chi connectivity index (χ0v) is 17.1. The Morgan fingerprint density at radius 1 is 0.767 bits per heavy atom. The fourth-order valence-electron chi connectivity index (χ4n) is 3.20. The van der Waals surface area contributed by atoms with E-state index in [4.69, 9.17) is 0 Å². The molecule has 6 heteroatoms. The molecule has 0 aliphatic carbocycles. The molecule has 4 rings (SSSR count). The fourth-order valence-corrected chi connectivity index (χ4v) is 4.44. The van der Waals surface area contributed by atoms with Gasteiger partial charge in [-0.1, -0.05) is 54.6 Å². The fraction of sp³-hybridized carbons (Fsp3) is 0.0417. The molecule has 5 nitrogen and oxygen atoms in total. The zero-order valence-electron chi connectivity index (χ0n) is 16.3. The third-order valence-corrected chi connectivity index (χ3v) is 6.66. The van der Waals surface area contributed by atoms with E-state index in [9.17, 15) is 13.2 Å². The first-order valence-electron chi connectivity index (χ1n) is 9.39. The Bertz CT molecular complexity index is 1320. The van der Waals surface area contributed by atoms with Gasteiger partial charge < -0.3 is 5.32 Å². The number of hydrogen-bond acceptors (Lipinski definition) is 3. The number of benzene rings is 4. The lowest BCUT2D eigenvalue weighted by Gasteiger charge is -2.19. The van der Waals surface area contributed by atoms with E-state index in [1.807, 2.05) is 48.5 Å². The average Bonchev–Trinajstić information content (AvgIpc) is 2.79. The third-order valence-electron chi connectivity index (χ3n) is 4.88. The van der Waals surface area contributed by atoms with E-state index in [-0.39, 0.29) is 16.4 Å². The van der Waals surface area contributed by atoms with Crippen LogP contribution in [0.2, 0.25) is 0 Å². The lowest BCUT2D eigenvalue weighted by molar-refractivity contribution is 0.102. The highest BCUT2D eigenvalue weighted by molar-refractivity contribution is 7.92. The predicted molar refractivity (Wildman–Crippen MR) is 120 cm³/mol. The third kappa shape index (κ3) is 3.90. The molecular formula is C24H20N2O3S. The van der Waals surface area contributed by atoms with Crippen molar-refractivity contribution in [2.45, 2.75) is 4.90 Å². The largest absolute Gasteiger partial charge is 0.322 e. The molecule has 1 amide bonds. The Balaban J connectivity index is 1.59. The van der Waals surface area contributed by atoms with Gasteiger partial charge in [0, 0.05) is 18.3 Å². The molecule has 0 fully saturated rings. The zero-order chi connectivity index (χ0) is 21.1. The second-order valence-corrected chi connectivity index (χ2v) is 8.82. The van der Waals surface area contributed by atoms with Crippen molar-refractivity contribution in [3.05, 3.63) is 103 Å². The van der Waals surface area contributed by atoms with Crippen LogP contribution in [0.15, 0.2) is 102 Å². The topological polar surface area (TPSA) is 66.5 Å². The summed E-state index contributed by atoms with van der Waals surface area (Å²) in [5.74, 6) is -0.371. The minimum Gasteiger partial charge on any atom is -0.322 e. The van der Waals surface area contributed by atoms with Gasteiger partial charge in [0.05, 0.1) is 10.6 Å². The smallest absolute Gasteiger partial charge is 0.264 e. The standard InChI is InChI=1S/C24H20N2O3S/c1-26(22-11-3-2-4-12-22)30(28,29)23-13-7-10-20(17-23)24(27)25-21-15-14-18-8-5-6-9-19(18)16-21/h2-17H,1H3,(H,25,27). The van der Waals surface area contributed by atoms with Crippen LogP contribution in [0.3, 0.4) is 0 Å². The van der Waals surface area contributed by atoms with Crippen LogP contribution in [0.25, 0.3) is 10.8 Å². The lowest BCUT2D eigenvalue weighted by atomic mass is 10.1. The van der Waals surface area contributed by atoms with Crippen LogP contribution in [-0.2, 0) is 10.0 Å². The molecule has 0 saturated carbocycles. The number of nitrogens with zero attached hydrogens (tertiary/aromatic N) is 1. The molecule has 0 radical (unpaired) electrons. The molecule has 30 heavy (non-hydrogen) atoms. The van der Waals surface area contributed by atoms with Crippen molar-refractivity contribution in [2.75, 3.05) is 16.7 Å². The second kappa shape index (κ2) is 8.00. The van der Waals surface area contributed by atoms with Gasteiger partial charge in [0.2, 0.25) is 0 Å². The molecular weight excluding hydrogens is 396 g/mol. The minimum atomic E-state index is -3.80. The van der Waals surface area contributed by atoms with Crippen LogP contribution >= 0.6 is 0 Å². The number of sulfonamides is 1. The summed E-state index contributed by atoms with van der Waals surface area (Å²) in [6.45, 7) is 0. The first kappa shape index (κ1) is 19.7. The van der Waals surface area contributed by atoms with Gasteiger partial charge in [0.1, 0.15) is 0 Å². The Hall–Kier alpha value is -3.64. The van der Waals surface area contributed by atoms with Gasteiger partial charge in [-0.2, -0.15) is 0 Å². The number of rotatable bonds is 5. The van der Waals surface area contributed by atoms with Crippen molar-refractivity contribution >= 4 is 38.1 Å². The average molecular weight is 417 g/mol. The van der Waals surface area contributed by atoms with Gasteiger partial charge in [0.15, 0.2) is 0 Å². The molecule has 150 valence electrons. The van der Waals surface area contributed by atoms with E-state index in [0.29, 0.717) is 11.4 Å². The predicted octanol–water partition coefficient (Wildman–Crippen LogP) is 4.92. The SMILES string of the molecule is CN(c1ccccc1)S(=O)(=O)c1cccc(C(=O)Nc2ccc3ccccc3c2)c1. The molecule has 0 unspecified atom stereocenters. The molecule has 0 bridgehead atoms. The van der Waals surface area contributed by atoms with E-state index in [1.165, 1.54) is 23.5 Å². The van der Waals surface area contributed by atoms with Crippen molar-refractivity contribution in [3.63, 3.8) is 0 Å². The highest BCUT2D eigenvalue weighted by Gasteiger charge is 2.22. The molecule has 4 aromatic rings. The number of carbonyl (C=O) groups excluding carboxylic acids is 1. The summed E-state index contributed by atoms with van der Waals surface area (Å²) < 4.78 is 27.2. The lowest BCUT2D eigenvalue weighted by Crippen LogP contribution is -2.26. The number of fused-ring (bicyclic) bond motifs is 1. The molecule has 1 N–H and O–H groups in total. The van der Waals surface area contributed by atoms with E-state index >= 15 is 0 Å². The summed E-state index contributed by atoms with van der Waals surface area (Å²) >= 11 is 0. The van der Waals surface area contributed by atoms with Crippen molar-refractivity contribution in [3.8, 4) is 0 Å². The Morgan fingerprint density at radius 3 is 2.23 bits per heavy atom. The summed E-state index contributed by atoms with van der Waals surface area (Å²) in [5, 5.41) is 4.93. The van der Waals surface area contributed by atoms with E-state index in [2.05, 4.69) is 5.32 Å². The summed E-state index contributed by atoms with van der Waals surface area (Å²) in [5.41, 5.74) is 1.46. The van der Waals surface area contributed by atoms with E-state index in [1.54, 1.807) is 36.4 Å². The second-order valence-electron chi connectivity index (χ2n) is 6.85. The number of nitrogens with one attached hydrogen (secondary N) is 1. The maximum Gasteiger partial charge on any atom is 0.264 e. The van der Waals surface area contributed by atoms with Gasteiger partial charge in [-0.05, 0) is 53.2 Å².